The van der Waals surface area contributed by atoms with Crippen LogP contribution in [-0.4, -0.2) is 23.7 Å². The van der Waals surface area contributed by atoms with Crippen LogP contribution in [0, 0.1) is 0 Å². The molecule has 2 N–H and O–H groups in total. The van der Waals surface area contributed by atoms with Crippen LogP contribution in [-0.2, 0) is 0 Å². The predicted octanol–water partition coefficient (Wildman–Crippen LogP) is 4.92. The summed E-state index contributed by atoms with van der Waals surface area (Å²) in [6, 6.07) is 0. The van der Waals surface area contributed by atoms with Crippen molar-refractivity contribution < 1.29 is 0 Å². The van der Waals surface area contributed by atoms with E-state index < -0.39 is 0 Å². The van der Waals surface area contributed by atoms with Gasteiger partial charge in [-0.1, -0.05) is 66.2 Å². The Labute approximate surface area is 122 Å². The first kappa shape index (κ1) is 18.9. The maximum Gasteiger partial charge on any atom is 0.0687 e. The van der Waals surface area contributed by atoms with Gasteiger partial charge in [0.1, 0.15) is 0 Å². The van der Waals surface area contributed by atoms with Crippen LogP contribution in [0.4, 0.5) is 0 Å². The number of hydrogen-bond acceptors (Lipinski definition) is 2. The molecular formula is C17H38N2. The normalized spacial score (nSPS) is 12.3. The first-order chi connectivity index (χ1) is 9.14. The summed E-state index contributed by atoms with van der Waals surface area (Å²) in [6.45, 7) is 11.4. The van der Waals surface area contributed by atoms with E-state index >= 15 is 0 Å². The highest BCUT2D eigenvalue weighted by Crippen LogP contribution is 2.24. The minimum absolute atomic E-state index is 0.0453. The molecule has 0 aromatic carbocycles. The number of nitrogens with zero attached hydrogens (tertiary/aromatic N) is 1. The minimum Gasteiger partial charge on any atom is -0.313 e. The van der Waals surface area contributed by atoms with Crippen LogP contribution in [0.15, 0.2) is 0 Å². The summed E-state index contributed by atoms with van der Waals surface area (Å²) in [5.41, 5.74) is 6.78. The number of rotatable bonds is 13. The molecule has 0 unspecified atom stereocenters. The molecule has 0 saturated carbocycles. The van der Waals surface area contributed by atoms with Gasteiger partial charge in [-0.05, 0) is 38.8 Å². The quantitative estimate of drug-likeness (QED) is 0.481. The van der Waals surface area contributed by atoms with E-state index in [1.165, 1.54) is 64.5 Å². The van der Waals surface area contributed by atoms with Crippen molar-refractivity contribution in [1.29, 1.82) is 0 Å². The average molecular weight is 271 g/mol. The lowest BCUT2D eigenvalue weighted by Gasteiger charge is -2.42. The molecule has 0 aliphatic heterocycles. The van der Waals surface area contributed by atoms with E-state index in [1.807, 2.05) is 0 Å². The zero-order valence-corrected chi connectivity index (χ0v) is 14.0. The third-order valence-electron chi connectivity index (χ3n) is 4.12. The molecule has 0 atom stereocenters. The zero-order valence-electron chi connectivity index (χ0n) is 14.0. The first-order valence-electron chi connectivity index (χ1n) is 8.68. The van der Waals surface area contributed by atoms with Crippen LogP contribution in [0.2, 0.25) is 0 Å². The number of hydrogen-bond donors (Lipinski definition) is 1. The molecule has 0 aliphatic rings. The molecule has 0 amide bonds. The van der Waals surface area contributed by atoms with E-state index in [9.17, 15) is 0 Å². The fourth-order valence-electron chi connectivity index (χ4n) is 2.66. The lowest BCUT2D eigenvalue weighted by atomic mass is 9.94. The van der Waals surface area contributed by atoms with Gasteiger partial charge in [0, 0.05) is 0 Å². The van der Waals surface area contributed by atoms with Crippen LogP contribution in [0.5, 0.6) is 0 Å². The highest BCUT2D eigenvalue weighted by Gasteiger charge is 2.30. The Morgan fingerprint density at radius 2 is 1.05 bits per heavy atom. The van der Waals surface area contributed by atoms with Crippen LogP contribution >= 0.6 is 0 Å². The largest absolute Gasteiger partial charge is 0.313 e. The van der Waals surface area contributed by atoms with Gasteiger partial charge in [0.25, 0.3) is 0 Å². The second kappa shape index (κ2) is 11.7. The average Bonchev–Trinajstić information content (AvgIpc) is 2.43. The van der Waals surface area contributed by atoms with Crippen molar-refractivity contribution in [1.82, 2.24) is 4.90 Å². The van der Waals surface area contributed by atoms with Crippen molar-refractivity contribution in [2.24, 2.45) is 5.73 Å². The fraction of sp³-hybridized carbons (Fsp3) is 1.00. The summed E-state index contributed by atoms with van der Waals surface area (Å²) in [6.07, 6.45) is 12.4. The molecule has 0 aromatic rings. The predicted molar refractivity (Wildman–Crippen MR) is 87.4 cm³/mol. The minimum atomic E-state index is -0.0453. The topological polar surface area (TPSA) is 29.3 Å². The molecule has 0 aromatic heterocycles. The lowest BCUT2D eigenvalue weighted by Crippen LogP contribution is -2.56. The van der Waals surface area contributed by atoms with Crippen LogP contribution in [0.1, 0.15) is 91.9 Å². The SMILES string of the molecule is CCCCN(CCCC)C(N)(CCCC)CCCC. The maximum atomic E-state index is 6.82. The second-order valence-electron chi connectivity index (χ2n) is 6.00. The molecule has 0 saturated heterocycles. The van der Waals surface area contributed by atoms with Crippen molar-refractivity contribution in [3.05, 3.63) is 0 Å². The van der Waals surface area contributed by atoms with E-state index in [4.69, 9.17) is 5.73 Å². The molecule has 116 valence electrons. The van der Waals surface area contributed by atoms with Crippen molar-refractivity contribution in [3.63, 3.8) is 0 Å². The van der Waals surface area contributed by atoms with E-state index in [1.54, 1.807) is 0 Å². The van der Waals surface area contributed by atoms with Crippen LogP contribution < -0.4 is 5.73 Å². The first-order valence-corrected chi connectivity index (χ1v) is 8.68. The van der Waals surface area contributed by atoms with Gasteiger partial charge in [0.2, 0.25) is 0 Å². The van der Waals surface area contributed by atoms with Gasteiger partial charge in [-0.15, -0.1) is 0 Å². The number of unbranched alkanes of at least 4 members (excludes halogenated alkanes) is 4. The summed E-state index contributed by atoms with van der Waals surface area (Å²) in [5.74, 6) is 0. The molecule has 0 aliphatic carbocycles. The molecule has 0 spiro atoms. The molecule has 2 nitrogen and oxygen atoms in total. The fourth-order valence-corrected chi connectivity index (χ4v) is 2.66. The Balaban J connectivity index is 4.64. The summed E-state index contributed by atoms with van der Waals surface area (Å²) >= 11 is 0. The molecule has 0 heterocycles. The summed E-state index contributed by atoms with van der Waals surface area (Å²) in [4.78, 5) is 2.60. The second-order valence-corrected chi connectivity index (χ2v) is 6.00. The van der Waals surface area contributed by atoms with Gasteiger partial charge in [-0.3, -0.25) is 4.90 Å². The monoisotopic (exact) mass is 270 g/mol. The molecule has 0 fully saturated rings. The summed E-state index contributed by atoms with van der Waals surface area (Å²) < 4.78 is 0. The molecule has 0 rings (SSSR count). The third kappa shape index (κ3) is 7.94. The Morgan fingerprint density at radius 1 is 0.684 bits per heavy atom. The Morgan fingerprint density at radius 3 is 1.37 bits per heavy atom. The van der Waals surface area contributed by atoms with Crippen LogP contribution in [0.25, 0.3) is 0 Å². The standard InChI is InChI=1S/C17H38N2/c1-5-9-13-17(18,14-10-6-2)19(15-11-7-3)16-12-8-4/h5-16,18H2,1-4H3. The summed E-state index contributed by atoms with van der Waals surface area (Å²) in [5, 5.41) is 0. The van der Waals surface area contributed by atoms with Gasteiger partial charge in [-0.25, -0.2) is 0 Å². The summed E-state index contributed by atoms with van der Waals surface area (Å²) in [7, 11) is 0. The van der Waals surface area contributed by atoms with E-state index in [0.29, 0.717) is 0 Å². The molecule has 2 heteroatoms. The third-order valence-corrected chi connectivity index (χ3v) is 4.12. The van der Waals surface area contributed by atoms with Gasteiger partial charge in [0.15, 0.2) is 0 Å². The van der Waals surface area contributed by atoms with Crippen molar-refractivity contribution in [2.75, 3.05) is 13.1 Å². The highest BCUT2D eigenvalue weighted by molar-refractivity contribution is 4.84. The molecular weight excluding hydrogens is 232 g/mol. The molecule has 0 radical (unpaired) electrons. The van der Waals surface area contributed by atoms with Gasteiger partial charge in [0.05, 0.1) is 5.66 Å². The van der Waals surface area contributed by atoms with Crippen molar-refractivity contribution in [3.8, 4) is 0 Å². The molecule has 19 heavy (non-hydrogen) atoms. The smallest absolute Gasteiger partial charge is 0.0687 e. The maximum absolute atomic E-state index is 6.82. The molecule has 0 bridgehead atoms. The highest BCUT2D eigenvalue weighted by atomic mass is 15.3. The lowest BCUT2D eigenvalue weighted by molar-refractivity contribution is 0.0664. The van der Waals surface area contributed by atoms with Gasteiger partial charge in [-0.2, -0.15) is 0 Å². The van der Waals surface area contributed by atoms with E-state index in [-0.39, 0.29) is 5.66 Å². The Hall–Kier alpha value is -0.0800. The van der Waals surface area contributed by atoms with E-state index in [2.05, 4.69) is 32.6 Å². The van der Waals surface area contributed by atoms with Crippen LogP contribution in [0.3, 0.4) is 0 Å². The van der Waals surface area contributed by atoms with Gasteiger partial charge < -0.3 is 5.73 Å². The van der Waals surface area contributed by atoms with Crippen molar-refractivity contribution >= 4 is 0 Å². The number of nitrogens with two attached hydrogens (primary N) is 1. The van der Waals surface area contributed by atoms with Crippen molar-refractivity contribution in [2.45, 2.75) is 97.6 Å². The van der Waals surface area contributed by atoms with Gasteiger partial charge >= 0.3 is 0 Å². The zero-order chi connectivity index (χ0) is 14.6. The Kier molecular flexibility index (Phi) is 11.7. The Bertz CT molecular complexity index is 176. The van der Waals surface area contributed by atoms with E-state index in [0.717, 1.165) is 12.8 Å².